The minimum atomic E-state index is -0.260. The Kier molecular flexibility index (Phi) is 8.36. The van der Waals surface area contributed by atoms with Crippen LogP contribution in [-0.2, 0) is 11.3 Å². The Balaban J connectivity index is 0.00000242. The van der Waals surface area contributed by atoms with Gasteiger partial charge in [0.15, 0.2) is 0 Å². The summed E-state index contributed by atoms with van der Waals surface area (Å²) in [5, 5.41) is 3.31. The van der Waals surface area contributed by atoms with Crippen LogP contribution in [0.1, 0.15) is 31.7 Å². The first-order valence-electron chi connectivity index (χ1n) is 7.52. The predicted molar refractivity (Wildman–Crippen MR) is 92.6 cm³/mol. The number of nitrogens with zero attached hydrogens (tertiary/aromatic N) is 1. The summed E-state index contributed by atoms with van der Waals surface area (Å²) in [6, 6.07) is 4.85. The molecule has 124 valence electrons. The lowest BCUT2D eigenvalue weighted by molar-refractivity contribution is -0.131. The van der Waals surface area contributed by atoms with Crippen molar-refractivity contribution in [1.82, 2.24) is 10.2 Å². The van der Waals surface area contributed by atoms with Crippen LogP contribution in [0.2, 0.25) is 0 Å². The van der Waals surface area contributed by atoms with Gasteiger partial charge in [0, 0.05) is 29.5 Å². The molecule has 1 aliphatic rings. The predicted octanol–water partition coefficient (Wildman–Crippen LogP) is 3.75. The van der Waals surface area contributed by atoms with E-state index in [9.17, 15) is 9.18 Å². The van der Waals surface area contributed by atoms with Crippen LogP contribution >= 0.6 is 28.3 Å². The molecule has 1 amide bonds. The van der Waals surface area contributed by atoms with Crippen LogP contribution in [0, 0.1) is 11.7 Å². The minimum Gasteiger partial charge on any atom is -0.339 e. The van der Waals surface area contributed by atoms with Crippen LogP contribution in [0.15, 0.2) is 22.7 Å². The Hall–Kier alpha value is -0.650. The van der Waals surface area contributed by atoms with E-state index in [1.54, 1.807) is 17.0 Å². The first-order valence-corrected chi connectivity index (χ1v) is 8.32. The standard InChI is InChI=1S/C16H22BrFN2O.ClH/c1-2-20(11-13-9-14(17)4-5-15(13)18)16(21)6-3-12-7-8-19-10-12;/h4-5,9,12,19H,2-3,6-8,10-11H2,1H3;1H. The van der Waals surface area contributed by atoms with Gasteiger partial charge in [0.1, 0.15) is 5.82 Å². The molecule has 6 heteroatoms. The number of halogens is 3. The topological polar surface area (TPSA) is 32.3 Å². The number of benzene rings is 1. The summed E-state index contributed by atoms with van der Waals surface area (Å²) in [4.78, 5) is 14.0. The molecular formula is C16H23BrClFN2O. The SMILES string of the molecule is CCN(Cc1cc(Br)ccc1F)C(=O)CCC1CCNC1.Cl. The van der Waals surface area contributed by atoms with Gasteiger partial charge in [-0.15, -0.1) is 12.4 Å². The molecular weight excluding hydrogens is 371 g/mol. The Labute approximate surface area is 146 Å². The van der Waals surface area contributed by atoms with Crippen molar-refractivity contribution in [1.29, 1.82) is 0 Å². The second-order valence-electron chi connectivity index (χ2n) is 5.54. The number of carbonyl (C=O) groups is 1. The first-order chi connectivity index (χ1) is 10.1. The van der Waals surface area contributed by atoms with Gasteiger partial charge in [0.2, 0.25) is 5.91 Å². The van der Waals surface area contributed by atoms with E-state index >= 15 is 0 Å². The fourth-order valence-corrected chi connectivity index (χ4v) is 3.10. The van der Waals surface area contributed by atoms with Gasteiger partial charge in [0.25, 0.3) is 0 Å². The molecule has 1 N–H and O–H groups in total. The van der Waals surface area contributed by atoms with Crippen LogP contribution in [-0.4, -0.2) is 30.4 Å². The molecule has 1 fully saturated rings. The highest BCUT2D eigenvalue weighted by Gasteiger charge is 2.19. The van der Waals surface area contributed by atoms with Crippen molar-refractivity contribution < 1.29 is 9.18 Å². The summed E-state index contributed by atoms with van der Waals surface area (Å²) in [5.41, 5.74) is 0.558. The molecule has 0 radical (unpaired) electrons. The summed E-state index contributed by atoms with van der Waals surface area (Å²) in [6.45, 7) is 4.95. The second kappa shape index (κ2) is 9.48. The monoisotopic (exact) mass is 392 g/mol. The molecule has 1 saturated heterocycles. The van der Waals surface area contributed by atoms with Gasteiger partial charge in [-0.25, -0.2) is 4.39 Å². The largest absolute Gasteiger partial charge is 0.339 e. The van der Waals surface area contributed by atoms with Crippen molar-refractivity contribution in [2.75, 3.05) is 19.6 Å². The van der Waals surface area contributed by atoms with Crippen LogP contribution < -0.4 is 5.32 Å². The summed E-state index contributed by atoms with van der Waals surface area (Å²) in [5.74, 6) is 0.462. The van der Waals surface area contributed by atoms with E-state index in [0.717, 1.165) is 30.4 Å². The van der Waals surface area contributed by atoms with Crippen LogP contribution in [0.25, 0.3) is 0 Å². The number of rotatable bonds is 6. The third-order valence-corrected chi connectivity index (χ3v) is 4.53. The molecule has 0 saturated carbocycles. The average molecular weight is 394 g/mol. The van der Waals surface area contributed by atoms with E-state index in [0.29, 0.717) is 31.0 Å². The Morgan fingerprint density at radius 1 is 1.50 bits per heavy atom. The molecule has 1 aromatic carbocycles. The van der Waals surface area contributed by atoms with Crippen molar-refractivity contribution in [2.24, 2.45) is 5.92 Å². The van der Waals surface area contributed by atoms with Gasteiger partial charge in [-0.3, -0.25) is 4.79 Å². The Morgan fingerprint density at radius 2 is 2.27 bits per heavy atom. The molecule has 1 aromatic rings. The van der Waals surface area contributed by atoms with Crippen molar-refractivity contribution in [2.45, 2.75) is 32.7 Å². The molecule has 0 spiro atoms. The van der Waals surface area contributed by atoms with E-state index < -0.39 is 0 Å². The van der Waals surface area contributed by atoms with Gasteiger partial charge in [-0.05, 0) is 57.0 Å². The zero-order valence-corrected chi connectivity index (χ0v) is 15.2. The molecule has 0 aromatic heterocycles. The summed E-state index contributed by atoms with van der Waals surface area (Å²) in [7, 11) is 0. The van der Waals surface area contributed by atoms with Gasteiger partial charge in [0.05, 0.1) is 0 Å². The van der Waals surface area contributed by atoms with Gasteiger partial charge in [-0.1, -0.05) is 15.9 Å². The number of amides is 1. The maximum absolute atomic E-state index is 13.8. The number of carbonyl (C=O) groups excluding carboxylic acids is 1. The highest BCUT2D eigenvalue weighted by molar-refractivity contribution is 9.10. The fourth-order valence-electron chi connectivity index (χ4n) is 2.69. The zero-order chi connectivity index (χ0) is 15.2. The normalized spacial score (nSPS) is 17.1. The average Bonchev–Trinajstić information content (AvgIpc) is 2.99. The van der Waals surface area contributed by atoms with Gasteiger partial charge < -0.3 is 10.2 Å². The number of hydrogen-bond donors (Lipinski definition) is 1. The van der Waals surface area contributed by atoms with E-state index in [4.69, 9.17) is 0 Å². The third kappa shape index (κ3) is 5.52. The van der Waals surface area contributed by atoms with Crippen molar-refractivity contribution >= 4 is 34.2 Å². The molecule has 22 heavy (non-hydrogen) atoms. The molecule has 1 aliphatic heterocycles. The molecule has 0 aliphatic carbocycles. The quantitative estimate of drug-likeness (QED) is 0.798. The fraction of sp³-hybridized carbons (Fsp3) is 0.562. The van der Waals surface area contributed by atoms with Crippen molar-refractivity contribution in [3.63, 3.8) is 0 Å². The summed E-state index contributed by atoms with van der Waals surface area (Å²) < 4.78 is 14.6. The smallest absolute Gasteiger partial charge is 0.222 e. The molecule has 3 nitrogen and oxygen atoms in total. The Bertz CT molecular complexity index is 495. The van der Waals surface area contributed by atoms with E-state index in [-0.39, 0.29) is 24.1 Å². The molecule has 1 heterocycles. The second-order valence-corrected chi connectivity index (χ2v) is 6.46. The minimum absolute atomic E-state index is 0. The van der Waals surface area contributed by atoms with Crippen LogP contribution in [0.4, 0.5) is 4.39 Å². The van der Waals surface area contributed by atoms with Crippen molar-refractivity contribution in [3.05, 3.63) is 34.1 Å². The van der Waals surface area contributed by atoms with Crippen LogP contribution in [0.3, 0.4) is 0 Å². The molecule has 1 atom stereocenters. The highest BCUT2D eigenvalue weighted by Crippen LogP contribution is 2.19. The highest BCUT2D eigenvalue weighted by atomic mass is 79.9. The third-order valence-electron chi connectivity index (χ3n) is 4.03. The van der Waals surface area contributed by atoms with Gasteiger partial charge >= 0.3 is 0 Å². The lowest BCUT2D eigenvalue weighted by Gasteiger charge is -2.22. The Morgan fingerprint density at radius 3 is 2.91 bits per heavy atom. The molecule has 1 unspecified atom stereocenters. The van der Waals surface area contributed by atoms with E-state index in [2.05, 4.69) is 21.2 Å². The lowest BCUT2D eigenvalue weighted by Crippen LogP contribution is -2.31. The van der Waals surface area contributed by atoms with E-state index in [1.165, 1.54) is 6.07 Å². The number of nitrogens with one attached hydrogen (secondary N) is 1. The first kappa shape index (κ1) is 19.4. The van der Waals surface area contributed by atoms with Gasteiger partial charge in [-0.2, -0.15) is 0 Å². The zero-order valence-electron chi connectivity index (χ0n) is 12.8. The molecule has 2 rings (SSSR count). The maximum Gasteiger partial charge on any atom is 0.222 e. The molecule has 0 bridgehead atoms. The summed E-state index contributed by atoms with van der Waals surface area (Å²) in [6.07, 6.45) is 2.62. The summed E-state index contributed by atoms with van der Waals surface area (Å²) >= 11 is 3.34. The van der Waals surface area contributed by atoms with Crippen molar-refractivity contribution in [3.8, 4) is 0 Å². The lowest BCUT2D eigenvalue weighted by atomic mass is 10.0. The number of hydrogen-bond acceptors (Lipinski definition) is 2. The van der Waals surface area contributed by atoms with Crippen LogP contribution in [0.5, 0.6) is 0 Å². The maximum atomic E-state index is 13.8. The van der Waals surface area contributed by atoms with E-state index in [1.807, 2.05) is 6.92 Å².